The maximum atomic E-state index is 13.9. The van der Waals surface area contributed by atoms with Crippen molar-refractivity contribution >= 4 is 33.2 Å². The molecule has 0 spiro atoms. The van der Waals surface area contributed by atoms with E-state index in [4.69, 9.17) is 23.2 Å². The molecule has 2 aromatic rings. The van der Waals surface area contributed by atoms with E-state index >= 15 is 0 Å². The van der Waals surface area contributed by atoms with Gasteiger partial charge in [0.15, 0.2) is 11.3 Å². The minimum absolute atomic E-state index is 0.0733. The van der Waals surface area contributed by atoms with Crippen molar-refractivity contribution in [3.63, 3.8) is 0 Å². The lowest BCUT2D eigenvalue weighted by Gasteiger charge is -2.10. The van der Waals surface area contributed by atoms with Gasteiger partial charge in [0.05, 0.1) is 11.1 Å². The molecule has 0 fully saturated rings. The SMILES string of the molecule is C/N=c1\c(F)cn(S(=O)(=O)c2cc(Cl)cc(Cl)c2)c(=O)n1C. The largest absolute Gasteiger partial charge is 0.343 e. The fraction of sp³-hybridized carbons (Fsp3) is 0.167. The molecule has 0 bridgehead atoms. The Kier molecular flexibility index (Phi) is 4.46. The Morgan fingerprint density at radius 2 is 1.73 bits per heavy atom. The van der Waals surface area contributed by atoms with Crippen LogP contribution in [0.4, 0.5) is 4.39 Å². The predicted molar refractivity (Wildman–Crippen MR) is 80.2 cm³/mol. The van der Waals surface area contributed by atoms with Crippen LogP contribution in [0, 0.1) is 5.82 Å². The summed E-state index contributed by atoms with van der Waals surface area (Å²) in [7, 11) is -1.85. The molecule has 1 heterocycles. The Balaban J connectivity index is 2.84. The molecule has 0 atom stereocenters. The number of benzene rings is 1. The Morgan fingerprint density at radius 1 is 1.18 bits per heavy atom. The van der Waals surface area contributed by atoms with E-state index in [0.29, 0.717) is 6.20 Å². The molecule has 0 amide bonds. The molecule has 10 heteroatoms. The van der Waals surface area contributed by atoms with E-state index in [-0.39, 0.29) is 24.4 Å². The topological polar surface area (TPSA) is 73.4 Å². The number of hydrogen-bond donors (Lipinski definition) is 0. The summed E-state index contributed by atoms with van der Waals surface area (Å²) in [5.74, 6) is -0.957. The normalized spacial score (nSPS) is 12.7. The monoisotopic (exact) mass is 365 g/mol. The second-order valence-corrected chi connectivity index (χ2v) is 6.96. The van der Waals surface area contributed by atoms with E-state index in [9.17, 15) is 17.6 Å². The van der Waals surface area contributed by atoms with Crippen molar-refractivity contribution in [2.75, 3.05) is 7.05 Å². The summed E-state index contributed by atoms with van der Waals surface area (Å²) >= 11 is 11.5. The van der Waals surface area contributed by atoms with E-state index in [1.165, 1.54) is 20.2 Å². The highest BCUT2D eigenvalue weighted by Gasteiger charge is 2.22. The number of nitrogens with zero attached hydrogens (tertiary/aromatic N) is 3. The molecular weight excluding hydrogens is 356 g/mol. The molecule has 0 saturated heterocycles. The van der Waals surface area contributed by atoms with Gasteiger partial charge >= 0.3 is 5.69 Å². The lowest BCUT2D eigenvalue weighted by molar-refractivity contribution is 0.537. The molecule has 6 nitrogen and oxygen atoms in total. The summed E-state index contributed by atoms with van der Waals surface area (Å²) in [6.45, 7) is 0. The van der Waals surface area contributed by atoms with Gasteiger partial charge in [0.1, 0.15) is 0 Å². The van der Waals surface area contributed by atoms with Crippen LogP contribution in [0.1, 0.15) is 0 Å². The highest BCUT2D eigenvalue weighted by molar-refractivity contribution is 7.90. The van der Waals surface area contributed by atoms with Crippen LogP contribution in [0.25, 0.3) is 0 Å². The van der Waals surface area contributed by atoms with Crippen molar-refractivity contribution in [1.29, 1.82) is 0 Å². The summed E-state index contributed by atoms with van der Waals surface area (Å²) in [4.78, 5) is 15.4. The zero-order valence-corrected chi connectivity index (χ0v) is 13.7. The summed E-state index contributed by atoms with van der Waals surface area (Å²) in [5, 5.41) is 0.147. The summed E-state index contributed by atoms with van der Waals surface area (Å²) in [5.41, 5.74) is -1.24. The smallest absolute Gasteiger partial charge is 0.278 e. The van der Waals surface area contributed by atoms with Crippen LogP contribution >= 0.6 is 23.2 Å². The molecule has 2 rings (SSSR count). The van der Waals surface area contributed by atoms with Gasteiger partial charge in [0.2, 0.25) is 0 Å². The molecule has 0 aliphatic heterocycles. The van der Waals surface area contributed by atoms with Crippen molar-refractivity contribution in [2.24, 2.45) is 12.0 Å². The quantitative estimate of drug-likeness (QED) is 0.807. The van der Waals surface area contributed by atoms with E-state index in [1.807, 2.05) is 0 Å². The maximum Gasteiger partial charge on any atom is 0.343 e. The number of rotatable bonds is 2. The van der Waals surface area contributed by atoms with Crippen LogP contribution in [-0.4, -0.2) is 24.0 Å². The lowest BCUT2D eigenvalue weighted by Crippen LogP contribution is -2.42. The third kappa shape index (κ3) is 2.81. The summed E-state index contributed by atoms with van der Waals surface area (Å²) < 4.78 is 40.0. The van der Waals surface area contributed by atoms with Gasteiger partial charge in [-0.1, -0.05) is 23.2 Å². The van der Waals surface area contributed by atoms with Crippen LogP contribution in [-0.2, 0) is 17.1 Å². The first kappa shape index (κ1) is 16.7. The molecule has 0 aliphatic carbocycles. The minimum atomic E-state index is -4.35. The zero-order chi connectivity index (χ0) is 16.7. The molecule has 1 aromatic heterocycles. The zero-order valence-electron chi connectivity index (χ0n) is 11.4. The Bertz CT molecular complexity index is 960. The van der Waals surface area contributed by atoms with Crippen molar-refractivity contribution in [3.8, 4) is 0 Å². The highest BCUT2D eigenvalue weighted by atomic mass is 35.5. The Morgan fingerprint density at radius 3 is 2.23 bits per heavy atom. The fourth-order valence-electron chi connectivity index (χ4n) is 1.83. The molecule has 0 unspecified atom stereocenters. The molecule has 22 heavy (non-hydrogen) atoms. The second kappa shape index (κ2) is 5.86. The minimum Gasteiger partial charge on any atom is -0.278 e. The van der Waals surface area contributed by atoms with Crippen LogP contribution in [0.15, 0.2) is 39.1 Å². The Hall–Kier alpha value is -1.64. The van der Waals surface area contributed by atoms with Crippen molar-refractivity contribution in [1.82, 2.24) is 8.54 Å². The van der Waals surface area contributed by atoms with Crippen molar-refractivity contribution in [3.05, 3.63) is 56.2 Å². The third-order valence-electron chi connectivity index (χ3n) is 2.84. The molecule has 0 N–H and O–H groups in total. The average Bonchev–Trinajstić information content (AvgIpc) is 2.42. The van der Waals surface area contributed by atoms with Crippen molar-refractivity contribution < 1.29 is 12.8 Å². The standard InChI is InChI=1S/C12H10Cl2FN3O3S/c1-16-11-10(15)6-18(12(19)17(11)2)22(20,21)9-4-7(13)3-8(14)5-9/h3-6H,1-2H3/b16-11+. The Labute approximate surface area is 135 Å². The van der Waals surface area contributed by atoms with Gasteiger partial charge in [0.25, 0.3) is 10.0 Å². The van der Waals surface area contributed by atoms with E-state index in [1.54, 1.807) is 0 Å². The molecule has 118 valence electrons. The fourth-order valence-corrected chi connectivity index (χ4v) is 3.83. The first-order valence-corrected chi connectivity index (χ1v) is 8.00. The van der Waals surface area contributed by atoms with Gasteiger partial charge in [-0.15, -0.1) is 0 Å². The van der Waals surface area contributed by atoms with Gasteiger partial charge in [0, 0.05) is 24.1 Å². The van der Waals surface area contributed by atoms with Gasteiger partial charge in [-0.05, 0) is 18.2 Å². The number of halogens is 3. The van der Waals surface area contributed by atoms with Gasteiger partial charge < -0.3 is 0 Å². The first-order valence-electron chi connectivity index (χ1n) is 5.81. The second-order valence-electron chi connectivity index (χ2n) is 4.27. The van der Waals surface area contributed by atoms with Gasteiger partial charge in [-0.25, -0.2) is 17.6 Å². The predicted octanol–water partition coefficient (Wildman–Crippen LogP) is 1.40. The van der Waals surface area contributed by atoms with E-state index in [2.05, 4.69) is 4.99 Å². The molecule has 1 aromatic carbocycles. The van der Waals surface area contributed by atoms with Crippen LogP contribution in [0.2, 0.25) is 10.0 Å². The lowest BCUT2D eigenvalue weighted by atomic mass is 10.4. The van der Waals surface area contributed by atoms with Crippen molar-refractivity contribution in [2.45, 2.75) is 4.90 Å². The average molecular weight is 366 g/mol. The molecular formula is C12H10Cl2FN3O3S. The number of hydrogen-bond acceptors (Lipinski definition) is 4. The van der Waals surface area contributed by atoms with E-state index < -0.39 is 21.5 Å². The van der Waals surface area contributed by atoms with Crippen LogP contribution in [0.3, 0.4) is 0 Å². The van der Waals surface area contributed by atoms with Crippen LogP contribution < -0.4 is 11.2 Å². The maximum absolute atomic E-state index is 13.9. The first-order chi connectivity index (χ1) is 10.2. The summed E-state index contributed by atoms with van der Waals surface area (Å²) in [6, 6.07) is 3.57. The highest BCUT2D eigenvalue weighted by Crippen LogP contribution is 2.23. The van der Waals surface area contributed by atoms with Crippen LogP contribution in [0.5, 0.6) is 0 Å². The van der Waals surface area contributed by atoms with Gasteiger partial charge in [-0.3, -0.25) is 9.56 Å². The molecule has 0 aliphatic rings. The molecule has 0 saturated carbocycles. The summed E-state index contributed by atoms with van der Waals surface area (Å²) in [6.07, 6.45) is 0.564. The van der Waals surface area contributed by atoms with Gasteiger partial charge in [-0.2, -0.15) is 3.97 Å². The number of aromatic nitrogens is 2. The third-order valence-corrected chi connectivity index (χ3v) is 4.89. The molecule has 0 radical (unpaired) electrons. The van der Waals surface area contributed by atoms with E-state index in [0.717, 1.165) is 16.7 Å².